The van der Waals surface area contributed by atoms with E-state index in [1.54, 1.807) is 0 Å². The molecule has 0 amide bonds. The monoisotopic (exact) mass is 250 g/mol. The van der Waals surface area contributed by atoms with Gasteiger partial charge in [-0.2, -0.15) is 5.26 Å². The van der Waals surface area contributed by atoms with Crippen LogP contribution in [0.3, 0.4) is 0 Å². The number of benzene rings is 1. The molecule has 1 heterocycles. The molecule has 1 aromatic rings. The quantitative estimate of drug-likeness (QED) is 0.831. The van der Waals surface area contributed by atoms with Crippen molar-refractivity contribution in [3.05, 3.63) is 33.8 Å². The highest BCUT2D eigenvalue weighted by Crippen LogP contribution is 2.31. The Kier molecular flexibility index (Phi) is 2.85. The number of hydrogen-bond acceptors (Lipinski definition) is 2. The summed E-state index contributed by atoms with van der Waals surface area (Å²) in [6.07, 6.45) is 1.16. The van der Waals surface area contributed by atoms with E-state index in [1.165, 1.54) is 5.56 Å². The van der Waals surface area contributed by atoms with Crippen LogP contribution in [0.15, 0.2) is 22.7 Å². The lowest BCUT2D eigenvalue weighted by molar-refractivity contribution is 0.759. The molecule has 0 saturated carbocycles. The van der Waals surface area contributed by atoms with Gasteiger partial charge in [-0.3, -0.25) is 0 Å². The number of nitrogens with zero attached hydrogens (tertiary/aromatic N) is 1. The Hall–Kier alpha value is -0.850. The number of rotatable bonds is 1. The van der Waals surface area contributed by atoms with Crippen LogP contribution in [0.5, 0.6) is 0 Å². The van der Waals surface area contributed by atoms with Gasteiger partial charge in [0.1, 0.15) is 6.07 Å². The fraction of sp³-hybridized carbons (Fsp3) is 0.364. The highest BCUT2D eigenvalue weighted by molar-refractivity contribution is 9.10. The van der Waals surface area contributed by atoms with Gasteiger partial charge in [-0.05, 0) is 46.4 Å². The van der Waals surface area contributed by atoms with Crippen molar-refractivity contribution in [3.8, 4) is 6.07 Å². The largest absolute Gasteiger partial charge is 0.316 e. The van der Waals surface area contributed by atoms with Crippen LogP contribution in [0, 0.1) is 11.3 Å². The molecule has 14 heavy (non-hydrogen) atoms. The van der Waals surface area contributed by atoms with Gasteiger partial charge in [-0.15, -0.1) is 0 Å². The van der Waals surface area contributed by atoms with Gasteiger partial charge < -0.3 is 5.32 Å². The van der Waals surface area contributed by atoms with Gasteiger partial charge in [-0.1, -0.05) is 12.1 Å². The summed E-state index contributed by atoms with van der Waals surface area (Å²) in [5.74, 6) is 0.553. The molecule has 0 radical (unpaired) electrons. The molecule has 1 atom stereocenters. The fourth-order valence-corrected chi connectivity index (χ4v) is 2.55. The molecular formula is C11H11BrN2. The van der Waals surface area contributed by atoms with Crippen LogP contribution < -0.4 is 5.32 Å². The van der Waals surface area contributed by atoms with Crippen LogP contribution in [0.1, 0.15) is 23.5 Å². The van der Waals surface area contributed by atoms with E-state index >= 15 is 0 Å². The van der Waals surface area contributed by atoms with E-state index < -0.39 is 0 Å². The summed E-state index contributed by atoms with van der Waals surface area (Å²) in [4.78, 5) is 0. The number of nitrogens with one attached hydrogen (secondary N) is 1. The van der Waals surface area contributed by atoms with E-state index in [4.69, 9.17) is 5.26 Å². The molecule has 0 aliphatic carbocycles. The molecule has 1 saturated heterocycles. The molecule has 3 heteroatoms. The van der Waals surface area contributed by atoms with Crippen molar-refractivity contribution in [2.24, 2.45) is 0 Å². The first-order chi connectivity index (χ1) is 6.83. The lowest BCUT2D eigenvalue weighted by Crippen LogP contribution is -2.08. The summed E-state index contributed by atoms with van der Waals surface area (Å²) >= 11 is 3.50. The van der Waals surface area contributed by atoms with E-state index in [2.05, 4.69) is 33.4 Å². The van der Waals surface area contributed by atoms with Crippen LogP contribution in [0.25, 0.3) is 0 Å². The standard InChI is InChI=1S/C11H11BrN2/c12-11-8(6-13)2-1-3-10(11)9-4-5-14-7-9/h1-3,9,14H,4-5,7H2. The van der Waals surface area contributed by atoms with Crippen LogP contribution in [-0.4, -0.2) is 13.1 Å². The minimum absolute atomic E-state index is 0.553. The molecular weight excluding hydrogens is 240 g/mol. The summed E-state index contributed by atoms with van der Waals surface area (Å²) in [6, 6.07) is 8.09. The Morgan fingerprint density at radius 1 is 1.50 bits per heavy atom. The number of hydrogen-bond donors (Lipinski definition) is 1. The molecule has 1 aromatic carbocycles. The van der Waals surface area contributed by atoms with Gasteiger partial charge in [0.05, 0.1) is 5.56 Å². The van der Waals surface area contributed by atoms with Crippen molar-refractivity contribution in [2.75, 3.05) is 13.1 Å². The molecule has 1 aliphatic rings. The normalized spacial score (nSPS) is 20.7. The fourth-order valence-electron chi connectivity index (χ4n) is 1.87. The summed E-state index contributed by atoms with van der Waals surface area (Å²) in [5.41, 5.74) is 1.99. The van der Waals surface area contributed by atoms with E-state index in [0.717, 1.165) is 29.5 Å². The summed E-state index contributed by atoms with van der Waals surface area (Å²) in [6.45, 7) is 2.10. The minimum Gasteiger partial charge on any atom is -0.316 e. The Bertz CT molecular complexity index is 375. The second-order valence-electron chi connectivity index (χ2n) is 3.51. The van der Waals surface area contributed by atoms with Gasteiger partial charge in [0.15, 0.2) is 0 Å². The average molecular weight is 251 g/mol. The first-order valence-electron chi connectivity index (χ1n) is 4.72. The van der Waals surface area contributed by atoms with E-state index in [9.17, 15) is 0 Å². The van der Waals surface area contributed by atoms with Crippen LogP contribution >= 0.6 is 15.9 Å². The van der Waals surface area contributed by atoms with Gasteiger partial charge >= 0.3 is 0 Å². The summed E-state index contributed by atoms with van der Waals surface area (Å²) in [7, 11) is 0. The van der Waals surface area contributed by atoms with E-state index in [1.807, 2.05) is 12.1 Å². The van der Waals surface area contributed by atoms with Crippen molar-refractivity contribution in [2.45, 2.75) is 12.3 Å². The van der Waals surface area contributed by atoms with Crippen LogP contribution in [-0.2, 0) is 0 Å². The third-order valence-corrected chi connectivity index (χ3v) is 3.53. The smallest absolute Gasteiger partial charge is 0.100 e. The Balaban J connectivity index is 2.38. The maximum Gasteiger partial charge on any atom is 0.100 e. The molecule has 0 bridgehead atoms. The average Bonchev–Trinajstić information content (AvgIpc) is 2.71. The molecule has 1 unspecified atom stereocenters. The van der Waals surface area contributed by atoms with Crippen LogP contribution in [0.2, 0.25) is 0 Å². The van der Waals surface area contributed by atoms with Gasteiger partial charge in [0, 0.05) is 11.0 Å². The molecule has 1 N–H and O–H groups in total. The van der Waals surface area contributed by atoms with Gasteiger partial charge in [0.2, 0.25) is 0 Å². The second kappa shape index (κ2) is 4.12. The van der Waals surface area contributed by atoms with Crippen molar-refractivity contribution < 1.29 is 0 Å². The maximum atomic E-state index is 8.89. The summed E-state index contributed by atoms with van der Waals surface area (Å²) < 4.78 is 0.969. The summed E-state index contributed by atoms with van der Waals surface area (Å²) in [5, 5.41) is 12.2. The molecule has 72 valence electrons. The van der Waals surface area contributed by atoms with Gasteiger partial charge in [0.25, 0.3) is 0 Å². The first kappa shape index (κ1) is 9.70. The highest BCUT2D eigenvalue weighted by Gasteiger charge is 2.19. The van der Waals surface area contributed by atoms with Crippen molar-refractivity contribution in [1.82, 2.24) is 5.32 Å². The lowest BCUT2D eigenvalue weighted by Gasteiger charge is -2.11. The third kappa shape index (κ3) is 1.68. The van der Waals surface area contributed by atoms with Crippen molar-refractivity contribution in [1.29, 1.82) is 5.26 Å². The molecule has 1 aliphatic heterocycles. The first-order valence-corrected chi connectivity index (χ1v) is 5.51. The molecule has 1 fully saturated rings. The minimum atomic E-state index is 0.553. The molecule has 2 nitrogen and oxygen atoms in total. The van der Waals surface area contributed by atoms with Gasteiger partial charge in [-0.25, -0.2) is 0 Å². The Labute approximate surface area is 92.1 Å². The Morgan fingerprint density at radius 2 is 2.36 bits per heavy atom. The number of halogens is 1. The lowest BCUT2D eigenvalue weighted by atomic mass is 9.97. The third-order valence-electron chi connectivity index (χ3n) is 2.65. The second-order valence-corrected chi connectivity index (χ2v) is 4.30. The predicted octanol–water partition coefficient (Wildman–Crippen LogP) is 2.40. The SMILES string of the molecule is N#Cc1cccc(C2CCNC2)c1Br. The van der Waals surface area contributed by atoms with Crippen LogP contribution in [0.4, 0.5) is 0 Å². The van der Waals surface area contributed by atoms with Crippen molar-refractivity contribution >= 4 is 15.9 Å². The maximum absolute atomic E-state index is 8.89. The molecule has 0 spiro atoms. The topological polar surface area (TPSA) is 35.8 Å². The Morgan fingerprint density at radius 3 is 3.00 bits per heavy atom. The van der Waals surface area contributed by atoms with Crippen molar-refractivity contribution in [3.63, 3.8) is 0 Å². The molecule has 0 aromatic heterocycles. The predicted molar refractivity (Wildman–Crippen MR) is 59.1 cm³/mol. The zero-order chi connectivity index (χ0) is 9.97. The zero-order valence-electron chi connectivity index (χ0n) is 7.76. The molecule has 2 rings (SSSR count). The van der Waals surface area contributed by atoms with E-state index in [-0.39, 0.29) is 0 Å². The van der Waals surface area contributed by atoms with E-state index in [0.29, 0.717) is 5.92 Å². The zero-order valence-corrected chi connectivity index (χ0v) is 9.34. The highest BCUT2D eigenvalue weighted by atomic mass is 79.9. The number of nitriles is 1.